The molecule has 1 aliphatic carbocycles. The van der Waals surface area contributed by atoms with Gasteiger partial charge in [0.2, 0.25) is 0 Å². The molecule has 1 N–H and O–H groups in total. The number of nitrogens with zero attached hydrogens (tertiary/aromatic N) is 1. The van der Waals surface area contributed by atoms with Crippen LogP contribution in [-0.2, 0) is 0 Å². The molecule has 0 aromatic rings. The van der Waals surface area contributed by atoms with Crippen LogP contribution >= 0.6 is 0 Å². The summed E-state index contributed by atoms with van der Waals surface area (Å²) in [5.74, 6) is 0. The summed E-state index contributed by atoms with van der Waals surface area (Å²) in [5, 5.41) is 3.71. The molecule has 1 saturated heterocycles. The van der Waals surface area contributed by atoms with E-state index in [0.29, 0.717) is 12.5 Å². The average Bonchev–Trinajstić information content (AvgIpc) is 2.39. The molecule has 2 rings (SSSR count). The quantitative estimate of drug-likeness (QED) is 0.795. The maximum Gasteiger partial charge on any atom is 0.389 e. The number of hydrogen-bond donors (Lipinski definition) is 1. The highest BCUT2D eigenvalue weighted by Gasteiger charge is 2.38. The third-order valence-electron chi connectivity index (χ3n) is 4.87. The van der Waals surface area contributed by atoms with Gasteiger partial charge in [0.15, 0.2) is 0 Å². The molecule has 0 bridgehead atoms. The van der Waals surface area contributed by atoms with Crippen LogP contribution in [0.25, 0.3) is 0 Å². The highest BCUT2D eigenvalue weighted by Crippen LogP contribution is 2.32. The fourth-order valence-corrected chi connectivity index (χ4v) is 3.60. The molecule has 1 aliphatic heterocycles. The van der Waals surface area contributed by atoms with Gasteiger partial charge in [0, 0.05) is 31.1 Å². The summed E-state index contributed by atoms with van der Waals surface area (Å²) in [6.45, 7) is 4.96. The predicted octanol–water partition coefficient (Wildman–Crippen LogP) is 3.72. The molecule has 2 aliphatic rings. The fraction of sp³-hybridized carbons (Fsp3) is 1.00. The van der Waals surface area contributed by atoms with Crippen LogP contribution in [0.3, 0.4) is 0 Å². The smallest absolute Gasteiger partial charge is 0.308 e. The van der Waals surface area contributed by atoms with Gasteiger partial charge in [0.25, 0.3) is 0 Å². The first-order valence-corrected chi connectivity index (χ1v) is 7.96. The van der Waals surface area contributed by atoms with Gasteiger partial charge in [-0.2, -0.15) is 13.2 Å². The molecular formula is C15H27F3N2. The van der Waals surface area contributed by atoms with Gasteiger partial charge in [-0.25, -0.2) is 0 Å². The number of hydrogen-bond acceptors (Lipinski definition) is 2. The van der Waals surface area contributed by atoms with Gasteiger partial charge in [0.1, 0.15) is 0 Å². The predicted molar refractivity (Wildman–Crippen MR) is 74.8 cm³/mol. The largest absolute Gasteiger partial charge is 0.389 e. The monoisotopic (exact) mass is 292 g/mol. The van der Waals surface area contributed by atoms with Crippen LogP contribution in [0.2, 0.25) is 0 Å². The summed E-state index contributed by atoms with van der Waals surface area (Å²) >= 11 is 0. The van der Waals surface area contributed by atoms with Crippen molar-refractivity contribution in [2.45, 2.75) is 76.0 Å². The lowest BCUT2D eigenvalue weighted by Crippen LogP contribution is -2.64. The van der Waals surface area contributed by atoms with Crippen molar-refractivity contribution in [2.75, 3.05) is 19.6 Å². The van der Waals surface area contributed by atoms with Crippen LogP contribution < -0.4 is 5.32 Å². The summed E-state index contributed by atoms with van der Waals surface area (Å²) in [5.41, 5.74) is 0.245. The SMILES string of the molecule is CC1CNC2(CCCCC2)CN1CCCCC(F)(F)F. The van der Waals surface area contributed by atoms with Gasteiger partial charge in [-0.1, -0.05) is 19.3 Å². The Labute approximate surface area is 120 Å². The first-order valence-electron chi connectivity index (χ1n) is 7.96. The van der Waals surface area contributed by atoms with E-state index in [0.717, 1.165) is 19.6 Å². The van der Waals surface area contributed by atoms with E-state index in [1.807, 2.05) is 0 Å². The summed E-state index contributed by atoms with van der Waals surface area (Å²) in [6, 6.07) is 0.438. The standard InChI is InChI=1S/C15H27F3N2/c1-13-11-19-14(7-3-2-4-8-14)12-20(13)10-6-5-9-15(16,17)18/h13,19H,2-12H2,1H3. The van der Waals surface area contributed by atoms with Crippen LogP contribution in [0.5, 0.6) is 0 Å². The topological polar surface area (TPSA) is 15.3 Å². The minimum atomic E-state index is -4.00. The molecule has 20 heavy (non-hydrogen) atoms. The summed E-state index contributed by atoms with van der Waals surface area (Å²) in [7, 11) is 0. The second kappa shape index (κ2) is 6.65. The van der Waals surface area contributed by atoms with Crippen molar-refractivity contribution in [3.8, 4) is 0 Å². The first-order chi connectivity index (χ1) is 9.40. The van der Waals surface area contributed by atoms with E-state index in [4.69, 9.17) is 0 Å². The van der Waals surface area contributed by atoms with Crippen molar-refractivity contribution < 1.29 is 13.2 Å². The molecule has 1 saturated carbocycles. The number of rotatable bonds is 4. The Kier molecular flexibility index (Phi) is 5.35. The lowest BCUT2D eigenvalue weighted by atomic mass is 9.79. The van der Waals surface area contributed by atoms with Crippen molar-refractivity contribution in [2.24, 2.45) is 0 Å². The summed E-state index contributed by atoms with van der Waals surface area (Å²) in [4.78, 5) is 2.40. The van der Waals surface area contributed by atoms with E-state index in [9.17, 15) is 13.2 Å². The normalized spacial score (nSPS) is 27.9. The maximum atomic E-state index is 12.2. The summed E-state index contributed by atoms with van der Waals surface area (Å²) < 4.78 is 36.5. The van der Waals surface area contributed by atoms with Crippen LogP contribution in [0.4, 0.5) is 13.2 Å². The van der Waals surface area contributed by atoms with Gasteiger partial charge in [-0.15, -0.1) is 0 Å². The van der Waals surface area contributed by atoms with Crippen LogP contribution in [0.15, 0.2) is 0 Å². The van der Waals surface area contributed by atoms with Crippen LogP contribution in [0.1, 0.15) is 58.3 Å². The Balaban J connectivity index is 1.77. The van der Waals surface area contributed by atoms with E-state index in [1.165, 1.54) is 32.1 Å². The Morgan fingerprint density at radius 2 is 1.85 bits per heavy atom. The second-order valence-corrected chi connectivity index (χ2v) is 6.61. The summed E-state index contributed by atoms with van der Waals surface area (Å²) in [6.07, 6.45) is 2.60. The third kappa shape index (κ3) is 4.62. The molecule has 0 radical (unpaired) electrons. The van der Waals surface area contributed by atoms with E-state index in [-0.39, 0.29) is 12.0 Å². The highest BCUT2D eigenvalue weighted by atomic mass is 19.4. The van der Waals surface area contributed by atoms with Crippen LogP contribution in [0, 0.1) is 0 Å². The maximum absolute atomic E-state index is 12.2. The number of nitrogens with one attached hydrogen (secondary N) is 1. The van der Waals surface area contributed by atoms with Gasteiger partial charge >= 0.3 is 6.18 Å². The Morgan fingerprint density at radius 3 is 2.50 bits per heavy atom. The van der Waals surface area contributed by atoms with Gasteiger partial charge in [0.05, 0.1) is 0 Å². The molecular weight excluding hydrogens is 265 g/mol. The number of unbranched alkanes of at least 4 members (excludes halogenated alkanes) is 1. The molecule has 1 atom stereocenters. The Hall–Kier alpha value is -0.290. The lowest BCUT2D eigenvalue weighted by molar-refractivity contribution is -0.135. The molecule has 2 fully saturated rings. The molecule has 0 amide bonds. The molecule has 1 unspecified atom stereocenters. The van der Waals surface area contributed by atoms with E-state index < -0.39 is 12.6 Å². The third-order valence-corrected chi connectivity index (χ3v) is 4.87. The zero-order valence-corrected chi connectivity index (χ0v) is 12.4. The first kappa shape index (κ1) is 16.1. The lowest BCUT2D eigenvalue weighted by Gasteiger charge is -2.49. The van der Waals surface area contributed by atoms with Crippen molar-refractivity contribution in [3.05, 3.63) is 0 Å². The molecule has 2 nitrogen and oxygen atoms in total. The molecule has 5 heteroatoms. The van der Waals surface area contributed by atoms with Gasteiger partial charge in [-0.3, -0.25) is 4.90 Å². The molecule has 118 valence electrons. The van der Waals surface area contributed by atoms with Crippen molar-refractivity contribution >= 4 is 0 Å². The molecule has 0 aromatic heterocycles. The second-order valence-electron chi connectivity index (χ2n) is 6.61. The number of halogens is 3. The van der Waals surface area contributed by atoms with Gasteiger partial charge in [-0.05, 0) is 39.2 Å². The Morgan fingerprint density at radius 1 is 1.15 bits per heavy atom. The van der Waals surface area contributed by atoms with Crippen LogP contribution in [-0.4, -0.2) is 42.3 Å². The van der Waals surface area contributed by atoms with E-state index in [1.54, 1.807) is 0 Å². The zero-order valence-electron chi connectivity index (χ0n) is 12.4. The van der Waals surface area contributed by atoms with Gasteiger partial charge < -0.3 is 5.32 Å². The number of piperazine rings is 1. The average molecular weight is 292 g/mol. The fourth-order valence-electron chi connectivity index (χ4n) is 3.60. The minimum absolute atomic E-state index is 0.245. The molecule has 1 spiro atoms. The zero-order chi connectivity index (χ0) is 14.6. The van der Waals surface area contributed by atoms with Crippen molar-refractivity contribution in [1.29, 1.82) is 0 Å². The van der Waals surface area contributed by atoms with E-state index in [2.05, 4.69) is 17.1 Å². The number of alkyl halides is 3. The van der Waals surface area contributed by atoms with Crippen molar-refractivity contribution in [1.82, 2.24) is 10.2 Å². The molecule has 1 heterocycles. The minimum Gasteiger partial charge on any atom is -0.308 e. The van der Waals surface area contributed by atoms with E-state index >= 15 is 0 Å². The van der Waals surface area contributed by atoms with Crippen molar-refractivity contribution in [3.63, 3.8) is 0 Å². The molecule has 0 aromatic carbocycles. The highest BCUT2D eigenvalue weighted by molar-refractivity contribution is 4.98. The Bertz CT molecular complexity index is 298.